The molecule has 2 atom stereocenters. The Hall–Kier alpha value is -3.96. The molecule has 8 nitrogen and oxygen atoms in total. The van der Waals surface area contributed by atoms with E-state index in [1.165, 1.54) is 12.1 Å². The molecule has 2 N–H and O–H groups in total. The summed E-state index contributed by atoms with van der Waals surface area (Å²) in [5.74, 6) is -0.438. The molecule has 8 heteroatoms. The lowest BCUT2D eigenvalue weighted by Crippen LogP contribution is -2.46. The molecular formula is C24H23N5O3. The van der Waals surface area contributed by atoms with E-state index in [2.05, 4.69) is 6.07 Å². The number of ketones is 1. The van der Waals surface area contributed by atoms with Crippen LogP contribution in [0.15, 0.2) is 77.3 Å². The molecule has 1 aliphatic carbocycles. The summed E-state index contributed by atoms with van der Waals surface area (Å²) in [5.41, 5.74) is 9.68. The number of hydrogen-bond acceptors (Lipinski definition) is 7. The molecule has 2 aliphatic rings. The molecule has 4 rings (SSSR count). The maximum absolute atomic E-state index is 13.5. The summed E-state index contributed by atoms with van der Waals surface area (Å²) in [6.07, 6.45) is 0.915. The zero-order valence-electron chi connectivity index (χ0n) is 17.9. The van der Waals surface area contributed by atoms with Gasteiger partial charge in [-0.2, -0.15) is 5.26 Å². The van der Waals surface area contributed by atoms with Crippen molar-refractivity contribution in [2.45, 2.75) is 24.7 Å². The number of rotatable bonds is 4. The van der Waals surface area contributed by atoms with E-state index < -0.39 is 10.8 Å². The highest BCUT2D eigenvalue weighted by molar-refractivity contribution is 6.00. The first kappa shape index (κ1) is 21.3. The molecule has 0 amide bonds. The Morgan fingerprint density at radius 2 is 1.75 bits per heavy atom. The van der Waals surface area contributed by atoms with Crippen molar-refractivity contribution >= 4 is 11.5 Å². The number of nitriles is 1. The molecule has 0 fully saturated rings. The van der Waals surface area contributed by atoms with Gasteiger partial charge in [-0.1, -0.05) is 42.5 Å². The van der Waals surface area contributed by atoms with E-state index in [1.807, 2.05) is 44.4 Å². The Morgan fingerprint density at radius 1 is 1.09 bits per heavy atom. The van der Waals surface area contributed by atoms with Crippen LogP contribution in [0.4, 0.5) is 5.69 Å². The molecule has 2 unspecified atom stereocenters. The van der Waals surface area contributed by atoms with Gasteiger partial charge in [0.15, 0.2) is 5.78 Å². The van der Waals surface area contributed by atoms with Crippen molar-refractivity contribution in [3.63, 3.8) is 0 Å². The van der Waals surface area contributed by atoms with Crippen molar-refractivity contribution in [3.05, 3.63) is 98.5 Å². The van der Waals surface area contributed by atoms with Crippen LogP contribution in [0.2, 0.25) is 0 Å². The minimum atomic E-state index is -0.656. The first-order valence-corrected chi connectivity index (χ1v) is 10.3. The van der Waals surface area contributed by atoms with Crippen LogP contribution in [0, 0.1) is 21.4 Å². The Balaban J connectivity index is 1.87. The largest absolute Gasteiger partial charge is 0.383 e. The van der Waals surface area contributed by atoms with Gasteiger partial charge < -0.3 is 5.73 Å². The van der Waals surface area contributed by atoms with Crippen LogP contribution in [0.1, 0.15) is 35.8 Å². The fourth-order valence-electron chi connectivity index (χ4n) is 4.65. The third kappa shape index (κ3) is 3.53. The predicted molar refractivity (Wildman–Crippen MR) is 119 cm³/mol. The smallest absolute Gasteiger partial charge is 0.269 e. The first-order valence-electron chi connectivity index (χ1n) is 10.3. The molecule has 1 aliphatic heterocycles. The normalized spacial score (nSPS) is 20.9. The summed E-state index contributed by atoms with van der Waals surface area (Å²) in [6, 6.07) is 18.0. The zero-order chi connectivity index (χ0) is 23.0. The van der Waals surface area contributed by atoms with Gasteiger partial charge in [0.25, 0.3) is 5.69 Å². The third-order valence-corrected chi connectivity index (χ3v) is 6.05. The van der Waals surface area contributed by atoms with E-state index in [1.54, 1.807) is 22.2 Å². The molecule has 0 bridgehead atoms. The number of Topliss-reactive ketones (excluding diaryl/α,β-unsaturated/α-hetero) is 1. The van der Waals surface area contributed by atoms with Crippen molar-refractivity contribution in [2.75, 3.05) is 14.1 Å². The van der Waals surface area contributed by atoms with Crippen LogP contribution >= 0.6 is 0 Å². The van der Waals surface area contributed by atoms with Crippen LogP contribution in [0.5, 0.6) is 0 Å². The van der Waals surface area contributed by atoms with Gasteiger partial charge in [0.1, 0.15) is 5.82 Å². The summed E-state index contributed by atoms with van der Waals surface area (Å²) in [7, 11) is 3.63. The van der Waals surface area contributed by atoms with E-state index in [0.717, 1.165) is 11.3 Å². The lowest BCUT2D eigenvalue weighted by Gasteiger charge is -2.43. The highest BCUT2D eigenvalue weighted by Crippen LogP contribution is 2.48. The van der Waals surface area contributed by atoms with Gasteiger partial charge >= 0.3 is 0 Å². The van der Waals surface area contributed by atoms with Gasteiger partial charge in [-0.3, -0.25) is 19.9 Å². The summed E-state index contributed by atoms with van der Waals surface area (Å²) in [6.45, 7) is 0. The fourth-order valence-corrected chi connectivity index (χ4v) is 4.65. The fraction of sp³-hybridized carbons (Fsp3) is 0.250. The second-order valence-electron chi connectivity index (χ2n) is 8.15. The number of non-ortho nitro benzene ring substituents is 1. The number of carbonyl (C=O) groups is 1. The average molecular weight is 429 g/mol. The topological polar surface area (TPSA) is 116 Å². The second kappa shape index (κ2) is 8.29. The maximum Gasteiger partial charge on any atom is 0.269 e. The minimum Gasteiger partial charge on any atom is -0.383 e. The van der Waals surface area contributed by atoms with Gasteiger partial charge in [-0.15, -0.1) is 0 Å². The van der Waals surface area contributed by atoms with Crippen molar-refractivity contribution < 1.29 is 9.72 Å². The van der Waals surface area contributed by atoms with Gasteiger partial charge in [0, 0.05) is 43.9 Å². The SMILES string of the molecule is CN(C)N1C(N)=C(C#N)C(c2ccc([N+](=O)[O-])cc2)C2=C1CC(c1ccccc1)CC2=O. The predicted octanol–water partition coefficient (Wildman–Crippen LogP) is 3.57. The summed E-state index contributed by atoms with van der Waals surface area (Å²) in [4.78, 5) is 24.1. The Labute approximate surface area is 186 Å². The molecular weight excluding hydrogens is 406 g/mol. The van der Waals surface area contributed by atoms with Crippen molar-refractivity contribution in [3.8, 4) is 6.07 Å². The number of nitro groups is 1. The lowest BCUT2D eigenvalue weighted by atomic mass is 9.72. The number of benzene rings is 2. The van der Waals surface area contributed by atoms with Crippen LogP contribution in [-0.2, 0) is 4.79 Å². The number of hydrogen-bond donors (Lipinski definition) is 1. The quantitative estimate of drug-likeness (QED) is 0.583. The third-order valence-electron chi connectivity index (χ3n) is 6.05. The van der Waals surface area contributed by atoms with Gasteiger partial charge in [0.05, 0.1) is 22.5 Å². The van der Waals surface area contributed by atoms with Crippen LogP contribution in [0.25, 0.3) is 0 Å². The molecule has 0 radical (unpaired) electrons. The summed E-state index contributed by atoms with van der Waals surface area (Å²) in [5, 5.41) is 24.6. The molecule has 2 aromatic carbocycles. The Bertz CT molecular complexity index is 1180. The monoisotopic (exact) mass is 429 g/mol. The van der Waals surface area contributed by atoms with Gasteiger partial charge in [0.2, 0.25) is 0 Å². The minimum absolute atomic E-state index is 0.00107. The van der Waals surface area contributed by atoms with Crippen LogP contribution in [0.3, 0.4) is 0 Å². The highest BCUT2D eigenvalue weighted by atomic mass is 16.6. The zero-order valence-corrected chi connectivity index (χ0v) is 17.9. The molecule has 2 aromatic rings. The van der Waals surface area contributed by atoms with E-state index >= 15 is 0 Å². The second-order valence-corrected chi connectivity index (χ2v) is 8.15. The number of nitro benzene ring substituents is 1. The summed E-state index contributed by atoms with van der Waals surface area (Å²) < 4.78 is 0. The molecule has 1 heterocycles. The van der Waals surface area contributed by atoms with E-state index in [0.29, 0.717) is 24.0 Å². The number of nitrogens with two attached hydrogens (primary N) is 1. The molecule has 0 saturated carbocycles. The Kier molecular flexibility index (Phi) is 5.51. The number of nitrogens with zero attached hydrogens (tertiary/aromatic N) is 4. The number of allylic oxidation sites excluding steroid dienone is 3. The lowest BCUT2D eigenvalue weighted by molar-refractivity contribution is -0.384. The number of carbonyl (C=O) groups excluding carboxylic acids is 1. The average Bonchev–Trinajstić information content (AvgIpc) is 2.78. The molecule has 0 saturated heterocycles. The molecule has 0 spiro atoms. The standard InChI is InChI=1S/C24H23N5O3/c1-27(2)28-20-12-17(15-6-4-3-5-7-15)13-21(30)23(20)22(19(14-25)24(28)26)16-8-10-18(11-9-16)29(31)32/h3-11,17,22H,12-13,26H2,1-2H3. The summed E-state index contributed by atoms with van der Waals surface area (Å²) >= 11 is 0. The molecule has 32 heavy (non-hydrogen) atoms. The van der Waals surface area contributed by atoms with E-state index in [-0.39, 0.29) is 28.8 Å². The van der Waals surface area contributed by atoms with Crippen molar-refractivity contribution in [2.24, 2.45) is 5.73 Å². The van der Waals surface area contributed by atoms with Gasteiger partial charge in [-0.05, 0) is 23.5 Å². The van der Waals surface area contributed by atoms with E-state index in [4.69, 9.17) is 5.73 Å². The first-order chi connectivity index (χ1) is 15.3. The highest BCUT2D eigenvalue weighted by Gasteiger charge is 2.43. The van der Waals surface area contributed by atoms with Gasteiger partial charge in [-0.25, -0.2) is 5.01 Å². The van der Waals surface area contributed by atoms with Crippen LogP contribution < -0.4 is 5.73 Å². The maximum atomic E-state index is 13.5. The van der Waals surface area contributed by atoms with E-state index in [9.17, 15) is 20.2 Å². The Morgan fingerprint density at radius 3 is 2.31 bits per heavy atom. The number of hydrazine groups is 1. The van der Waals surface area contributed by atoms with Crippen molar-refractivity contribution in [1.82, 2.24) is 10.0 Å². The molecule has 162 valence electrons. The van der Waals surface area contributed by atoms with Crippen LogP contribution in [-0.4, -0.2) is 34.8 Å². The molecule has 0 aromatic heterocycles. The van der Waals surface area contributed by atoms with Crippen molar-refractivity contribution in [1.29, 1.82) is 5.26 Å².